The van der Waals surface area contributed by atoms with Gasteiger partial charge < -0.3 is 14.8 Å². The third-order valence-corrected chi connectivity index (χ3v) is 4.44. The monoisotopic (exact) mass is 428 g/mol. The Morgan fingerprint density at radius 2 is 1.90 bits per heavy atom. The Labute approximate surface area is 178 Å². The predicted molar refractivity (Wildman–Crippen MR) is 112 cm³/mol. The molecule has 11 nitrogen and oxygen atoms in total. The molecule has 164 valence electrons. The Kier molecular flexibility index (Phi) is 6.85. The van der Waals surface area contributed by atoms with Crippen molar-refractivity contribution in [1.82, 2.24) is 19.6 Å². The zero-order valence-electron chi connectivity index (χ0n) is 17.6. The van der Waals surface area contributed by atoms with E-state index in [2.05, 4.69) is 15.5 Å². The van der Waals surface area contributed by atoms with Crippen LogP contribution in [0, 0.1) is 17.0 Å². The Morgan fingerprint density at radius 1 is 1.16 bits per heavy atom. The average Bonchev–Trinajstić information content (AvgIpc) is 3.30. The predicted octanol–water partition coefficient (Wildman–Crippen LogP) is 2.78. The third kappa shape index (κ3) is 5.38. The highest BCUT2D eigenvalue weighted by atomic mass is 16.6. The minimum absolute atomic E-state index is 0.123. The van der Waals surface area contributed by atoms with Crippen molar-refractivity contribution in [2.45, 2.75) is 33.9 Å². The first kappa shape index (κ1) is 21.8. The van der Waals surface area contributed by atoms with Crippen molar-refractivity contribution < 1.29 is 19.2 Å². The second-order valence-corrected chi connectivity index (χ2v) is 6.65. The van der Waals surface area contributed by atoms with Crippen molar-refractivity contribution in [2.24, 2.45) is 0 Å². The first-order valence-corrected chi connectivity index (χ1v) is 9.78. The summed E-state index contributed by atoms with van der Waals surface area (Å²) in [6.07, 6.45) is 4.37. The van der Waals surface area contributed by atoms with Gasteiger partial charge in [-0.05, 0) is 38.5 Å². The summed E-state index contributed by atoms with van der Waals surface area (Å²) in [4.78, 5) is 22.7. The van der Waals surface area contributed by atoms with Crippen LogP contribution in [-0.2, 0) is 17.9 Å². The maximum atomic E-state index is 12.3. The van der Waals surface area contributed by atoms with E-state index in [0.717, 1.165) is 11.8 Å². The molecule has 0 aliphatic heterocycles. The van der Waals surface area contributed by atoms with Crippen molar-refractivity contribution >= 4 is 17.3 Å². The van der Waals surface area contributed by atoms with Crippen molar-refractivity contribution in [3.8, 4) is 11.5 Å². The first-order chi connectivity index (χ1) is 14.9. The van der Waals surface area contributed by atoms with Crippen LogP contribution in [0.1, 0.15) is 25.1 Å². The van der Waals surface area contributed by atoms with E-state index < -0.39 is 4.92 Å². The summed E-state index contributed by atoms with van der Waals surface area (Å²) < 4.78 is 14.2. The van der Waals surface area contributed by atoms with Crippen LogP contribution in [0.2, 0.25) is 0 Å². The number of hydrogen-bond donors (Lipinski definition) is 1. The number of nitrogens with one attached hydrogen (secondary N) is 1. The quantitative estimate of drug-likeness (QED) is 0.389. The standard InChI is InChI=1S/C20H24N6O5/c1-4-30-18-7-6-15(8-19(18)31-5-2)11-24-12-16(9-21-24)23-20(27)13-25-14(3)17(10-22-25)26(28)29/h6-10,12H,4-5,11,13H2,1-3H3,(H,23,27). The Bertz CT molecular complexity index is 1070. The minimum atomic E-state index is -0.529. The van der Waals surface area contributed by atoms with Crippen LogP contribution in [0.4, 0.5) is 11.4 Å². The Hall–Kier alpha value is -3.89. The van der Waals surface area contributed by atoms with Crippen LogP contribution < -0.4 is 14.8 Å². The molecule has 0 spiro atoms. The Morgan fingerprint density at radius 3 is 2.58 bits per heavy atom. The van der Waals surface area contributed by atoms with E-state index in [9.17, 15) is 14.9 Å². The SMILES string of the molecule is CCOc1ccc(Cn2cc(NC(=O)Cn3ncc([N+](=O)[O-])c3C)cn2)cc1OCC. The molecular weight excluding hydrogens is 404 g/mol. The number of hydrogen-bond acceptors (Lipinski definition) is 7. The van der Waals surface area contributed by atoms with Crippen molar-refractivity contribution in [1.29, 1.82) is 0 Å². The van der Waals surface area contributed by atoms with Crippen molar-refractivity contribution in [3.05, 3.63) is 58.2 Å². The van der Waals surface area contributed by atoms with Gasteiger partial charge in [0, 0.05) is 6.20 Å². The number of nitro groups is 1. The summed E-state index contributed by atoms with van der Waals surface area (Å²) in [6, 6.07) is 5.70. The molecule has 3 aromatic rings. The van der Waals surface area contributed by atoms with Crippen LogP contribution in [-0.4, -0.2) is 43.6 Å². The second kappa shape index (κ2) is 9.74. The molecule has 2 aromatic heterocycles. The summed E-state index contributed by atoms with van der Waals surface area (Å²) in [5.74, 6) is 1.00. The van der Waals surface area contributed by atoms with Gasteiger partial charge in [-0.25, -0.2) is 0 Å². The van der Waals surface area contributed by atoms with Gasteiger partial charge in [0.05, 0.1) is 36.6 Å². The van der Waals surface area contributed by atoms with Gasteiger partial charge in [0.1, 0.15) is 18.4 Å². The molecule has 0 unspecified atom stereocenters. The molecule has 31 heavy (non-hydrogen) atoms. The molecule has 0 fully saturated rings. The fraction of sp³-hybridized carbons (Fsp3) is 0.350. The summed E-state index contributed by atoms with van der Waals surface area (Å²) >= 11 is 0. The summed E-state index contributed by atoms with van der Waals surface area (Å²) in [7, 11) is 0. The van der Waals surface area contributed by atoms with E-state index in [-0.39, 0.29) is 18.1 Å². The number of ether oxygens (including phenoxy) is 2. The highest BCUT2D eigenvalue weighted by Gasteiger charge is 2.18. The van der Waals surface area contributed by atoms with Crippen LogP contribution in [0.3, 0.4) is 0 Å². The largest absolute Gasteiger partial charge is 0.490 e. The number of anilines is 1. The summed E-state index contributed by atoms with van der Waals surface area (Å²) in [5.41, 5.74) is 1.67. The molecule has 0 aliphatic rings. The summed E-state index contributed by atoms with van der Waals surface area (Å²) in [5, 5.41) is 21.8. The highest BCUT2D eigenvalue weighted by Crippen LogP contribution is 2.29. The molecular formula is C20H24N6O5. The third-order valence-electron chi connectivity index (χ3n) is 4.44. The first-order valence-electron chi connectivity index (χ1n) is 9.78. The van der Waals surface area contributed by atoms with Gasteiger partial charge in [-0.1, -0.05) is 6.07 Å². The van der Waals surface area contributed by atoms with E-state index in [1.165, 1.54) is 10.9 Å². The van der Waals surface area contributed by atoms with Crippen LogP contribution in [0.5, 0.6) is 11.5 Å². The molecule has 1 amide bonds. The molecule has 0 atom stereocenters. The van der Waals surface area contributed by atoms with Crippen LogP contribution in [0.15, 0.2) is 36.8 Å². The zero-order valence-corrected chi connectivity index (χ0v) is 17.6. The average molecular weight is 428 g/mol. The van der Waals surface area contributed by atoms with Crippen molar-refractivity contribution in [3.63, 3.8) is 0 Å². The second-order valence-electron chi connectivity index (χ2n) is 6.65. The maximum absolute atomic E-state index is 12.3. The van der Waals surface area contributed by atoms with Gasteiger partial charge in [0.2, 0.25) is 5.91 Å². The Balaban J connectivity index is 1.63. The van der Waals surface area contributed by atoms with E-state index in [0.29, 0.717) is 42.6 Å². The molecule has 0 aliphatic carbocycles. The zero-order chi connectivity index (χ0) is 22.4. The maximum Gasteiger partial charge on any atom is 0.309 e. The lowest BCUT2D eigenvalue weighted by Crippen LogP contribution is -2.20. The number of carbonyl (C=O) groups excluding carboxylic acids is 1. The minimum Gasteiger partial charge on any atom is -0.490 e. The van der Waals surface area contributed by atoms with Gasteiger partial charge in [0.15, 0.2) is 11.5 Å². The molecule has 0 radical (unpaired) electrons. The number of amides is 1. The number of nitrogens with zero attached hydrogens (tertiary/aromatic N) is 5. The smallest absolute Gasteiger partial charge is 0.309 e. The molecule has 0 saturated heterocycles. The van der Waals surface area contributed by atoms with Crippen molar-refractivity contribution in [2.75, 3.05) is 18.5 Å². The van der Waals surface area contributed by atoms with Crippen LogP contribution >= 0.6 is 0 Å². The number of aromatic nitrogens is 4. The molecule has 0 saturated carbocycles. The van der Waals surface area contributed by atoms with Gasteiger partial charge in [0.25, 0.3) is 0 Å². The lowest BCUT2D eigenvalue weighted by Gasteiger charge is -2.12. The molecule has 0 bridgehead atoms. The van der Waals surface area contributed by atoms with E-state index in [4.69, 9.17) is 9.47 Å². The molecule has 1 N–H and O–H groups in total. The van der Waals surface area contributed by atoms with E-state index in [1.54, 1.807) is 17.8 Å². The van der Waals surface area contributed by atoms with Gasteiger partial charge in [-0.2, -0.15) is 10.2 Å². The van der Waals surface area contributed by atoms with Crippen LogP contribution in [0.25, 0.3) is 0 Å². The fourth-order valence-corrected chi connectivity index (χ4v) is 3.01. The van der Waals surface area contributed by atoms with E-state index in [1.807, 2.05) is 32.0 Å². The van der Waals surface area contributed by atoms with Gasteiger partial charge in [-0.3, -0.25) is 24.3 Å². The molecule has 2 heterocycles. The normalized spacial score (nSPS) is 10.7. The number of benzene rings is 1. The summed E-state index contributed by atoms with van der Waals surface area (Å²) in [6.45, 7) is 6.79. The topological polar surface area (TPSA) is 126 Å². The number of rotatable bonds is 10. The molecule has 1 aromatic carbocycles. The molecule has 11 heteroatoms. The number of carbonyl (C=O) groups is 1. The fourth-order valence-electron chi connectivity index (χ4n) is 3.01. The highest BCUT2D eigenvalue weighted by molar-refractivity contribution is 5.90. The lowest BCUT2D eigenvalue weighted by molar-refractivity contribution is -0.385. The van der Waals surface area contributed by atoms with Gasteiger partial charge in [-0.15, -0.1) is 0 Å². The molecule has 3 rings (SSSR count). The lowest BCUT2D eigenvalue weighted by atomic mass is 10.2. The van der Waals surface area contributed by atoms with Gasteiger partial charge >= 0.3 is 5.69 Å². The van der Waals surface area contributed by atoms with E-state index >= 15 is 0 Å².